The molecule has 66 valence electrons. The highest BCUT2D eigenvalue weighted by Gasteiger charge is 2.02. The van der Waals surface area contributed by atoms with E-state index < -0.39 is 0 Å². The maximum atomic E-state index is 8.93. The Kier molecular flexibility index (Phi) is 3.40. The summed E-state index contributed by atoms with van der Waals surface area (Å²) in [4.78, 5) is 0.861. The Morgan fingerprint density at radius 3 is 2.92 bits per heavy atom. The van der Waals surface area contributed by atoms with E-state index in [0.717, 1.165) is 10.5 Å². The van der Waals surface area contributed by atoms with Crippen LogP contribution in [0.15, 0.2) is 23.1 Å². The molecule has 1 aromatic carbocycles. The van der Waals surface area contributed by atoms with Crippen molar-refractivity contribution in [2.75, 3.05) is 12.8 Å². The van der Waals surface area contributed by atoms with Crippen molar-refractivity contribution in [1.82, 2.24) is 0 Å². The van der Waals surface area contributed by atoms with E-state index in [1.54, 1.807) is 25.3 Å². The highest BCUT2D eigenvalue weighted by atomic mass is 32.2. The Labute approximate surface area is 75.7 Å². The van der Waals surface area contributed by atoms with Crippen LogP contribution in [-0.4, -0.2) is 12.2 Å². The predicted octanol–water partition coefficient (Wildman–Crippen LogP) is 1.41. The van der Waals surface area contributed by atoms with Gasteiger partial charge >= 0.3 is 0 Å². The van der Waals surface area contributed by atoms with E-state index in [1.165, 1.54) is 12.0 Å². The molecule has 12 heavy (non-hydrogen) atoms. The molecule has 0 radical (unpaired) electrons. The fourth-order valence-corrected chi connectivity index (χ4v) is 1.47. The van der Waals surface area contributed by atoms with Gasteiger partial charge in [-0.3, -0.25) is 0 Å². The first-order chi connectivity index (χ1) is 5.77. The van der Waals surface area contributed by atoms with Gasteiger partial charge in [-0.2, -0.15) is 0 Å². The van der Waals surface area contributed by atoms with Crippen molar-refractivity contribution in [3.63, 3.8) is 0 Å². The third-order valence-corrected chi connectivity index (χ3v) is 2.16. The van der Waals surface area contributed by atoms with Gasteiger partial charge in [-0.25, -0.2) is 0 Å². The first-order valence-electron chi connectivity index (χ1n) is 3.48. The van der Waals surface area contributed by atoms with E-state index in [1.807, 2.05) is 0 Å². The molecule has 0 spiro atoms. The van der Waals surface area contributed by atoms with Crippen LogP contribution < -0.4 is 5.73 Å². The van der Waals surface area contributed by atoms with Gasteiger partial charge in [-0.1, -0.05) is 6.07 Å². The minimum atomic E-state index is 0.00593. The number of aliphatic hydroxyl groups is 1. The quantitative estimate of drug-likeness (QED) is 0.552. The lowest BCUT2D eigenvalue weighted by molar-refractivity contribution is 0.278. The highest BCUT2D eigenvalue weighted by molar-refractivity contribution is 7.94. The summed E-state index contributed by atoms with van der Waals surface area (Å²) < 4.78 is 4.88. The number of aliphatic hydroxyl groups excluding tert-OH is 1. The van der Waals surface area contributed by atoms with E-state index in [4.69, 9.17) is 15.0 Å². The molecule has 0 heterocycles. The van der Waals surface area contributed by atoms with E-state index in [0.29, 0.717) is 5.69 Å². The van der Waals surface area contributed by atoms with Crippen molar-refractivity contribution < 1.29 is 9.29 Å². The second kappa shape index (κ2) is 4.35. The van der Waals surface area contributed by atoms with Crippen molar-refractivity contribution in [2.45, 2.75) is 11.5 Å². The van der Waals surface area contributed by atoms with Crippen LogP contribution in [0.2, 0.25) is 0 Å². The summed E-state index contributed by atoms with van der Waals surface area (Å²) in [5.74, 6) is 0. The molecule has 1 rings (SSSR count). The number of hydrogen-bond donors (Lipinski definition) is 2. The van der Waals surface area contributed by atoms with Crippen molar-refractivity contribution in [2.24, 2.45) is 0 Å². The molecule has 0 saturated heterocycles. The summed E-state index contributed by atoms with van der Waals surface area (Å²) in [6, 6.07) is 5.32. The molecule has 0 unspecified atom stereocenters. The molecular formula is C8H11NO2S. The molecule has 1 aromatic rings. The average Bonchev–Trinajstić information content (AvgIpc) is 2.05. The van der Waals surface area contributed by atoms with Gasteiger partial charge in [0.25, 0.3) is 0 Å². The number of hydrogen-bond acceptors (Lipinski definition) is 4. The van der Waals surface area contributed by atoms with Gasteiger partial charge in [0, 0.05) is 22.6 Å². The van der Waals surface area contributed by atoms with Gasteiger partial charge in [-0.05, 0) is 17.7 Å². The van der Waals surface area contributed by atoms with Crippen molar-refractivity contribution in [3.05, 3.63) is 23.8 Å². The summed E-state index contributed by atoms with van der Waals surface area (Å²) in [5.41, 5.74) is 7.06. The van der Waals surface area contributed by atoms with Gasteiger partial charge in [0.05, 0.1) is 13.7 Å². The lowest BCUT2D eigenvalue weighted by atomic mass is 10.2. The summed E-state index contributed by atoms with van der Waals surface area (Å²) >= 11 is 1.20. The minimum absolute atomic E-state index is 0.00593. The molecule has 0 aliphatic heterocycles. The van der Waals surface area contributed by atoms with Crippen molar-refractivity contribution in [3.8, 4) is 0 Å². The van der Waals surface area contributed by atoms with Gasteiger partial charge in [0.2, 0.25) is 0 Å². The van der Waals surface area contributed by atoms with Crippen LogP contribution in [0.5, 0.6) is 0 Å². The van der Waals surface area contributed by atoms with Gasteiger partial charge in [-0.15, -0.1) is 0 Å². The molecule has 0 aromatic heterocycles. The van der Waals surface area contributed by atoms with Crippen LogP contribution >= 0.6 is 12.0 Å². The Morgan fingerprint density at radius 1 is 1.58 bits per heavy atom. The predicted molar refractivity (Wildman–Crippen MR) is 49.6 cm³/mol. The molecule has 0 amide bonds. The van der Waals surface area contributed by atoms with E-state index >= 15 is 0 Å². The van der Waals surface area contributed by atoms with Crippen LogP contribution in [0.1, 0.15) is 5.56 Å². The van der Waals surface area contributed by atoms with Crippen LogP contribution in [0.3, 0.4) is 0 Å². The molecule has 0 aliphatic carbocycles. The molecule has 3 nitrogen and oxygen atoms in total. The topological polar surface area (TPSA) is 55.5 Å². The van der Waals surface area contributed by atoms with E-state index in [9.17, 15) is 0 Å². The molecule has 0 atom stereocenters. The fourth-order valence-electron chi connectivity index (χ4n) is 0.869. The Bertz CT molecular complexity index is 265. The summed E-state index contributed by atoms with van der Waals surface area (Å²) in [6.45, 7) is 0.00593. The average molecular weight is 185 g/mol. The molecule has 0 fully saturated rings. The summed E-state index contributed by atoms with van der Waals surface area (Å²) in [7, 11) is 1.58. The number of nitrogen functional groups attached to an aromatic ring is 1. The summed E-state index contributed by atoms with van der Waals surface area (Å²) in [5, 5.41) is 8.93. The van der Waals surface area contributed by atoms with Crippen LogP contribution in [0.4, 0.5) is 5.69 Å². The number of nitrogens with two attached hydrogens (primary N) is 1. The maximum absolute atomic E-state index is 8.93. The van der Waals surface area contributed by atoms with Gasteiger partial charge in [0.1, 0.15) is 0 Å². The lowest BCUT2D eigenvalue weighted by Crippen LogP contribution is -1.91. The third-order valence-electron chi connectivity index (χ3n) is 1.43. The third kappa shape index (κ3) is 2.14. The standard InChI is InChI=1S/C8H11NO2S/c1-11-12-8-4-7(9)3-2-6(8)5-10/h2-4,10H,5,9H2,1H3. The highest BCUT2D eigenvalue weighted by Crippen LogP contribution is 2.25. The van der Waals surface area contributed by atoms with Crippen LogP contribution in [-0.2, 0) is 10.8 Å². The Hall–Kier alpha value is -0.710. The zero-order chi connectivity index (χ0) is 8.97. The zero-order valence-corrected chi connectivity index (χ0v) is 7.60. The molecule has 3 N–H and O–H groups in total. The normalized spacial score (nSPS) is 10.2. The maximum Gasteiger partial charge on any atom is 0.0693 e. The Balaban J connectivity index is 2.95. The number of benzene rings is 1. The molecular weight excluding hydrogens is 174 g/mol. The molecule has 0 aliphatic rings. The number of rotatable bonds is 3. The number of anilines is 1. The first-order valence-corrected chi connectivity index (χ1v) is 4.22. The summed E-state index contributed by atoms with van der Waals surface area (Å²) in [6.07, 6.45) is 0. The second-order valence-electron chi connectivity index (χ2n) is 2.28. The Morgan fingerprint density at radius 2 is 2.33 bits per heavy atom. The zero-order valence-electron chi connectivity index (χ0n) is 6.78. The SMILES string of the molecule is COSc1cc(N)ccc1CO. The monoisotopic (exact) mass is 185 g/mol. The van der Waals surface area contributed by atoms with Crippen LogP contribution in [0.25, 0.3) is 0 Å². The van der Waals surface area contributed by atoms with E-state index in [2.05, 4.69) is 0 Å². The van der Waals surface area contributed by atoms with Crippen molar-refractivity contribution in [1.29, 1.82) is 0 Å². The second-order valence-corrected chi connectivity index (χ2v) is 3.22. The van der Waals surface area contributed by atoms with Crippen molar-refractivity contribution >= 4 is 17.7 Å². The molecule has 0 bridgehead atoms. The minimum Gasteiger partial charge on any atom is -0.399 e. The smallest absolute Gasteiger partial charge is 0.0693 e. The van der Waals surface area contributed by atoms with Gasteiger partial charge < -0.3 is 15.0 Å². The van der Waals surface area contributed by atoms with Gasteiger partial charge in [0.15, 0.2) is 0 Å². The first kappa shape index (κ1) is 9.38. The van der Waals surface area contributed by atoms with Crippen LogP contribution in [0, 0.1) is 0 Å². The molecule has 0 saturated carbocycles. The van der Waals surface area contributed by atoms with E-state index in [-0.39, 0.29) is 6.61 Å². The lowest BCUT2D eigenvalue weighted by Gasteiger charge is -2.05. The largest absolute Gasteiger partial charge is 0.399 e. The molecule has 4 heteroatoms. The fraction of sp³-hybridized carbons (Fsp3) is 0.250.